The lowest BCUT2D eigenvalue weighted by Gasteiger charge is -2.15. The molecule has 2 aromatic carbocycles. The van der Waals surface area contributed by atoms with Crippen LogP contribution in [0, 0.1) is 11.2 Å². The molecule has 4 heteroatoms. The molecule has 21 heavy (non-hydrogen) atoms. The summed E-state index contributed by atoms with van der Waals surface area (Å²) >= 11 is 0. The van der Waals surface area contributed by atoms with E-state index in [1.165, 1.54) is 12.1 Å². The largest absolute Gasteiger partial charge is 0.396 e. The lowest BCUT2D eigenvalue weighted by molar-refractivity contribution is 0.0942. The second kappa shape index (κ2) is 5.45. The summed E-state index contributed by atoms with van der Waals surface area (Å²) in [5, 5.41) is 13.1. The molecule has 1 amide bonds. The Morgan fingerprint density at radius 1 is 1.19 bits per heavy atom. The third kappa shape index (κ3) is 2.76. The van der Waals surface area contributed by atoms with E-state index >= 15 is 0 Å². The number of hydrogen-bond donors (Lipinski definition) is 2. The number of carbonyl (C=O) groups excluding carboxylic acids is 1. The topological polar surface area (TPSA) is 49.3 Å². The first-order valence-corrected chi connectivity index (χ1v) is 7.22. The maximum absolute atomic E-state index is 13.8. The Kier molecular flexibility index (Phi) is 3.64. The van der Waals surface area contributed by atoms with Crippen molar-refractivity contribution in [3.63, 3.8) is 0 Å². The molecule has 2 N–H and O–H groups in total. The standard InChI is InChI=1S/C17H18FNO2/c18-15-6-5-14(12-3-1-2-4-13(12)15)16(21)19-11-17(7-8-17)9-10-20/h1-6,20H,7-11H2,(H,19,21). The fraction of sp³-hybridized carbons (Fsp3) is 0.353. The van der Waals surface area contributed by atoms with Crippen molar-refractivity contribution in [2.24, 2.45) is 5.41 Å². The highest BCUT2D eigenvalue weighted by Gasteiger charge is 2.41. The van der Waals surface area contributed by atoms with Gasteiger partial charge in [-0.05, 0) is 42.2 Å². The van der Waals surface area contributed by atoms with E-state index in [4.69, 9.17) is 5.11 Å². The van der Waals surface area contributed by atoms with Gasteiger partial charge in [0.05, 0.1) is 0 Å². The SMILES string of the molecule is O=C(NCC1(CCO)CC1)c1ccc(F)c2ccccc12. The molecule has 3 nitrogen and oxygen atoms in total. The molecule has 1 aliphatic carbocycles. The van der Waals surface area contributed by atoms with Crippen molar-refractivity contribution in [1.82, 2.24) is 5.32 Å². The molecule has 1 saturated carbocycles. The summed E-state index contributed by atoms with van der Waals surface area (Å²) in [6, 6.07) is 9.85. The molecule has 0 spiro atoms. The summed E-state index contributed by atoms with van der Waals surface area (Å²) in [6.07, 6.45) is 2.80. The van der Waals surface area contributed by atoms with Gasteiger partial charge in [-0.15, -0.1) is 0 Å². The minimum atomic E-state index is -0.318. The second-order valence-electron chi connectivity index (χ2n) is 5.80. The second-order valence-corrected chi connectivity index (χ2v) is 5.80. The van der Waals surface area contributed by atoms with Crippen LogP contribution in [-0.4, -0.2) is 24.2 Å². The van der Waals surface area contributed by atoms with E-state index < -0.39 is 0 Å². The molecule has 0 saturated heterocycles. The Morgan fingerprint density at radius 2 is 1.90 bits per heavy atom. The van der Waals surface area contributed by atoms with Gasteiger partial charge >= 0.3 is 0 Å². The first-order chi connectivity index (χ1) is 10.2. The zero-order chi connectivity index (χ0) is 14.9. The van der Waals surface area contributed by atoms with E-state index in [1.807, 2.05) is 0 Å². The quantitative estimate of drug-likeness (QED) is 0.888. The van der Waals surface area contributed by atoms with Crippen LogP contribution in [0.4, 0.5) is 4.39 Å². The molecule has 1 fully saturated rings. The van der Waals surface area contributed by atoms with E-state index in [9.17, 15) is 9.18 Å². The van der Waals surface area contributed by atoms with Crippen LogP contribution in [0.1, 0.15) is 29.6 Å². The molecule has 0 atom stereocenters. The van der Waals surface area contributed by atoms with Crippen molar-refractivity contribution in [2.45, 2.75) is 19.3 Å². The smallest absolute Gasteiger partial charge is 0.251 e. The Bertz CT molecular complexity index is 680. The molecular weight excluding hydrogens is 269 g/mol. The molecule has 0 unspecified atom stereocenters. The number of carbonyl (C=O) groups is 1. The summed E-state index contributed by atoms with van der Waals surface area (Å²) in [4.78, 5) is 12.4. The van der Waals surface area contributed by atoms with Crippen LogP contribution in [0.15, 0.2) is 36.4 Å². The van der Waals surface area contributed by atoms with Crippen LogP contribution < -0.4 is 5.32 Å². The average Bonchev–Trinajstić information content (AvgIpc) is 3.26. The molecule has 2 aromatic rings. The Morgan fingerprint density at radius 3 is 2.57 bits per heavy atom. The lowest BCUT2D eigenvalue weighted by Crippen LogP contribution is -2.30. The predicted octanol–water partition coefficient (Wildman–Crippen LogP) is 2.87. The molecular formula is C17H18FNO2. The average molecular weight is 287 g/mol. The van der Waals surface area contributed by atoms with Gasteiger partial charge in [0.25, 0.3) is 5.91 Å². The maximum atomic E-state index is 13.8. The fourth-order valence-electron chi connectivity index (χ4n) is 2.75. The predicted molar refractivity (Wildman–Crippen MR) is 79.6 cm³/mol. The van der Waals surface area contributed by atoms with E-state index in [0.717, 1.165) is 19.3 Å². The Balaban J connectivity index is 1.81. The van der Waals surface area contributed by atoms with Crippen molar-refractivity contribution in [3.05, 3.63) is 47.8 Å². The molecule has 3 rings (SSSR count). The van der Waals surface area contributed by atoms with Crippen LogP contribution >= 0.6 is 0 Å². The van der Waals surface area contributed by atoms with Crippen LogP contribution in [0.3, 0.4) is 0 Å². The molecule has 0 aliphatic heterocycles. The van der Waals surface area contributed by atoms with E-state index in [1.54, 1.807) is 24.3 Å². The summed E-state index contributed by atoms with van der Waals surface area (Å²) in [5.41, 5.74) is 0.562. The highest BCUT2D eigenvalue weighted by Crippen LogP contribution is 2.47. The van der Waals surface area contributed by atoms with E-state index in [-0.39, 0.29) is 23.7 Å². The molecule has 110 valence electrons. The first-order valence-electron chi connectivity index (χ1n) is 7.22. The first kappa shape index (κ1) is 14.0. The number of halogens is 1. The number of aliphatic hydroxyl groups excluding tert-OH is 1. The number of fused-ring (bicyclic) bond motifs is 1. The van der Waals surface area contributed by atoms with Gasteiger partial charge in [0.1, 0.15) is 5.82 Å². The molecule has 1 aliphatic rings. The van der Waals surface area contributed by atoms with Crippen LogP contribution in [-0.2, 0) is 0 Å². The zero-order valence-electron chi connectivity index (χ0n) is 11.7. The normalized spacial score (nSPS) is 15.9. The number of amides is 1. The minimum Gasteiger partial charge on any atom is -0.396 e. The zero-order valence-corrected chi connectivity index (χ0v) is 11.7. The highest BCUT2D eigenvalue weighted by molar-refractivity contribution is 6.07. The number of aliphatic hydroxyl groups is 1. The third-order valence-corrected chi connectivity index (χ3v) is 4.34. The van der Waals surface area contributed by atoms with Crippen LogP contribution in [0.25, 0.3) is 10.8 Å². The van der Waals surface area contributed by atoms with Crippen LogP contribution in [0.2, 0.25) is 0 Å². The van der Waals surface area contributed by atoms with Gasteiger partial charge in [0.15, 0.2) is 0 Å². The minimum absolute atomic E-state index is 0.0697. The summed E-state index contributed by atoms with van der Waals surface area (Å²) in [6.45, 7) is 0.716. The van der Waals surface area contributed by atoms with E-state index in [2.05, 4.69) is 5.32 Å². The van der Waals surface area contributed by atoms with Crippen LogP contribution in [0.5, 0.6) is 0 Å². The van der Waals surface area contributed by atoms with Gasteiger partial charge in [0, 0.05) is 24.1 Å². The van der Waals surface area contributed by atoms with Gasteiger partial charge < -0.3 is 10.4 Å². The monoisotopic (exact) mass is 287 g/mol. The van der Waals surface area contributed by atoms with Gasteiger partial charge in [-0.2, -0.15) is 0 Å². The molecule has 0 radical (unpaired) electrons. The summed E-state index contributed by atoms with van der Waals surface area (Å²) in [5.74, 6) is -0.503. The molecule has 0 bridgehead atoms. The number of benzene rings is 2. The van der Waals surface area contributed by atoms with Crippen molar-refractivity contribution in [3.8, 4) is 0 Å². The van der Waals surface area contributed by atoms with E-state index in [0.29, 0.717) is 22.9 Å². The Hall–Kier alpha value is -1.94. The fourth-order valence-corrected chi connectivity index (χ4v) is 2.75. The third-order valence-electron chi connectivity index (χ3n) is 4.34. The number of nitrogens with one attached hydrogen (secondary N) is 1. The van der Waals surface area contributed by atoms with Gasteiger partial charge in [-0.3, -0.25) is 4.79 Å². The van der Waals surface area contributed by atoms with Crippen molar-refractivity contribution >= 4 is 16.7 Å². The molecule has 0 aromatic heterocycles. The maximum Gasteiger partial charge on any atom is 0.251 e. The van der Waals surface area contributed by atoms with Crippen molar-refractivity contribution in [2.75, 3.05) is 13.2 Å². The van der Waals surface area contributed by atoms with Gasteiger partial charge in [0.2, 0.25) is 0 Å². The van der Waals surface area contributed by atoms with Crippen molar-refractivity contribution < 1.29 is 14.3 Å². The number of rotatable bonds is 5. The lowest BCUT2D eigenvalue weighted by atomic mass is 10.0. The number of hydrogen-bond acceptors (Lipinski definition) is 2. The highest BCUT2D eigenvalue weighted by atomic mass is 19.1. The van der Waals surface area contributed by atoms with Crippen molar-refractivity contribution in [1.29, 1.82) is 0 Å². The summed E-state index contributed by atoms with van der Waals surface area (Å²) < 4.78 is 13.8. The molecule has 0 heterocycles. The Labute approximate surface area is 122 Å². The van der Waals surface area contributed by atoms with Gasteiger partial charge in [-0.1, -0.05) is 24.3 Å². The van der Waals surface area contributed by atoms with Gasteiger partial charge in [-0.25, -0.2) is 4.39 Å². The summed E-state index contributed by atoms with van der Waals surface area (Å²) in [7, 11) is 0.